The van der Waals surface area contributed by atoms with Crippen LogP contribution in [0.15, 0.2) is 24.3 Å². The maximum absolute atomic E-state index is 12.7. The van der Waals surface area contributed by atoms with E-state index in [4.69, 9.17) is 0 Å². The molecule has 0 saturated carbocycles. The number of fused-ring (bicyclic) bond motifs is 1. The number of carbonyl (C=O) groups is 2. The average molecular weight is 371 g/mol. The van der Waals surface area contributed by atoms with Crippen molar-refractivity contribution in [2.45, 2.75) is 45.9 Å². The average Bonchev–Trinajstić information content (AvgIpc) is 3.01. The zero-order valence-corrected chi connectivity index (χ0v) is 15.9. The van der Waals surface area contributed by atoms with Crippen LogP contribution in [0.1, 0.15) is 29.7 Å². The molecule has 1 atom stereocenters. The van der Waals surface area contributed by atoms with Crippen molar-refractivity contribution in [3.05, 3.63) is 47.0 Å². The van der Waals surface area contributed by atoms with E-state index in [9.17, 15) is 14.7 Å². The number of rotatable bonds is 6. The molecule has 144 valence electrons. The van der Waals surface area contributed by atoms with Crippen LogP contribution in [0.5, 0.6) is 0 Å². The molecule has 1 aromatic carbocycles. The number of carbonyl (C=O) groups excluding carboxylic acids is 1. The summed E-state index contributed by atoms with van der Waals surface area (Å²) in [5.41, 5.74) is 2.30. The monoisotopic (exact) mass is 371 g/mol. The van der Waals surface area contributed by atoms with E-state index >= 15 is 0 Å². The van der Waals surface area contributed by atoms with E-state index in [0.29, 0.717) is 24.7 Å². The Bertz CT molecular complexity index is 830. The van der Waals surface area contributed by atoms with Crippen molar-refractivity contribution in [1.29, 1.82) is 0 Å². The first kappa shape index (κ1) is 19.0. The lowest BCUT2D eigenvalue weighted by molar-refractivity contribution is -0.146. The summed E-state index contributed by atoms with van der Waals surface area (Å²) in [6, 6.07) is 7.40. The minimum atomic E-state index is -0.945. The van der Waals surface area contributed by atoms with Gasteiger partial charge in [-0.2, -0.15) is 0 Å². The van der Waals surface area contributed by atoms with Gasteiger partial charge < -0.3 is 14.6 Å². The van der Waals surface area contributed by atoms with Crippen molar-refractivity contribution in [2.24, 2.45) is 0 Å². The van der Waals surface area contributed by atoms with Crippen LogP contribution in [0.25, 0.3) is 0 Å². The summed E-state index contributed by atoms with van der Waals surface area (Å²) in [4.78, 5) is 27.6. The van der Waals surface area contributed by atoms with E-state index in [1.807, 2.05) is 12.1 Å². The number of amides is 1. The third kappa shape index (κ3) is 4.16. The molecule has 0 aliphatic carbocycles. The lowest BCUT2D eigenvalue weighted by Gasteiger charge is -2.33. The van der Waals surface area contributed by atoms with Crippen molar-refractivity contribution in [3.8, 4) is 0 Å². The molecular weight excluding hydrogens is 346 g/mol. The number of nitrogens with zero attached hydrogens (tertiary/aromatic N) is 5. The molecule has 8 heteroatoms. The lowest BCUT2D eigenvalue weighted by Crippen LogP contribution is -2.51. The van der Waals surface area contributed by atoms with Crippen LogP contribution in [0.4, 0.5) is 0 Å². The van der Waals surface area contributed by atoms with Gasteiger partial charge in [0.05, 0.1) is 19.6 Å². The molecule has 0 spiro atoms. The van der Waals surface area contributed by atoms with Crippen molar-refractivity contribution >= 4 is 11.9 Å². The summed E-state index contributed by atoms with van der Waals surface area (Å²) in [5.74, 6) is 0.315. The Kier molecular flexibility index (Phi) is 5.55. The Labute approximate surface area is 158 Å². The van der Waals surface area contributed by atoms with Crippen molar-refractivity contribution < 1.29 is 14.7 Å². The number of carboxylic acids is 1. The first-order valence-electron chi connectivity index (χ1n) is 9.06. The second-order valence-corrected chi connectivity index (χ2v) is 6.95. The molecule has 2 heterocycles. The number of benzene rings is 1. The van der Waals surface area contributed by atoms with Gasteiger partial charge >= 0.3 is 5.97 Å². The van der Waals surface area contributed by atoms with Crippen LogP contribution >= 0.6 is 0 Å². The third-order valence-corrected chi connectivity index (χ3v) is 5.05. The molecule has 8 nitrogen and oxygen atoms in total. The van der Waals surface area contributed by atoms with Gasteiger partial charge in [0.1, 0.15) is 17.7 Å². The second-order valence-electron chi connectivity index (χ2n) is 6.95. The summed E-state index contributed by atoms with van der Waals surface area (Å²) >= 11 is 0. The fraction of sp³-hybridized carbons (Fsp3) is 0.474. The first-order valence-corrected chi connectivity index (χ1v) is 9.06. The van der Waals surface area contributed by atoms with Gasteiger partial charge in [0.15, 0.2) is 0 Å². The SMILES string of the molecule is CCc1ccc(CN(C)C(=O)CN2Cc3nnc(C)n3CC2C(=O)O)cc1. The van der Waals surface area contributed by atoms with Crippen LogP contribution in [0.2, 0.25) is 0 Å². The van der Waals surface area contributed by atoms with Gasteiger partial charge in [-0.25, -0.2) is 0 Å². The van der Waals surface area contributed by atoms with Crippen molar-refractivity contribution in [1.82, 2.24) is 24.6 Å². The Morgan fingerprint density at radius 1 is 1.22 bits per heavy atom. The van der Waals surface area contributed by atoms with E-state index in [1.54, 1.807) is 28.3 Å². The Morgan fingerprint density at radius 3 is 2.52 bits per heavy atom. The van der Waals surface area contributed by atoms with Gasteiger partial charge in [0.2, 0.25) is 5.91 Å². The summed E-state index contributed by atoms with van der Waals surface area (Å²) in [6.07, 6.45) is 0.977. The summed E-state index contributed by atoms with van der Waals surface area (Å²) in [5, 5.41) is 17.7. The highest BCUT2D eigenvalue weighted by Gasteiger charge is 2.34. The molecule has 2 aromatic rings. The number of carboxylic acid groups (broad SMARTS) is 1. The Balaban J connectivity index is 1.66. The van der Waals surface area contributed by atoms with Gasteiger partial charge in [-0.05, 0) is 24.5 Å². The lowest BCUT2D eigenvalue weighted by atomic mass is 10.1. The minimum absolute atomic E-state index is 0.0341. The molecule has 1 unspecified atom stereocenters. The molecular formula is C19H25N5O3. The molecule has 1 aliphatic heterocycles. The molecule has 0 saturated heterocycles. The van der Waals surface area contributed by atoms with Crippen LogP contribution in [0, 0.1) is 6.92 Å². The van der Waals surface area contributed by atoms with Crippen LogP contribution in [-0.4, -0.2) is 61.2 Å². The van der Waals surface area contributed by atoms with Gasteiger partial charge in [0.25, 0.3) is 0 Å². The van der Waals surface area contributed by atoms with Crippen molar-refractivity contribution in [3.63, 3.8) is 0 Å². The Morgan fingerprint density at radius 2 is 1.89 bits per heavy atom. The number of hydrogen-bond acceptors (Lipinski definition) is 5. The standard InChI is InChI=1S/C19H25N5O3/c1-4-14-5-7-15(8-6-14)9-22(3)18(25)12-23-11-17-21-20-13(2)24(17)10-16(23)19(26)27/h5-8,16H,4,9-12H2,1-3H3,(H,26,27). The van der Waals surface area contributed by atoms with Gasteiger partial charge in [-0.15, -0.1) is 10.2 Å². The minimum Gasteiger partial charge on any atom is -0.480 e. The molecule has 0 fully saturated rings. The van der Waals surface area contributed by atoms with Gasteiger partial charge in [0, 0.05) is 13.6 Å². The normalized spacial score (nSPS) is 16.8. The fourth-order valence-corrected chi connectivity index (χ4v) is 3.30. The maximum Gasteiger partial charge on any atom is 0.322 e. The van der Waals surface area contributed by atoms with E-state index in [-0.39, 0.29) is 19.0 Å². The third-order valence-electron chi connectivity index (χ3n) is 5.05. The molecule has 1 amide bonds. The summed E-state index contributed by atoms with van der Waals surface area (Å²) in [6.45, 7) is 4.97. The topological polar surface area (TPSA) is 91.6 Å². The molecule has 1 aliphatic rings. The van der Waals surface area contributed by atoms with Crippen LogP contribution in [0.3, 0.4) is 0 Å². The highest BCUT2D eigenvalue weighted by atomic mass is 16.4. The molecule has 0 radical (unpaired) electrons. The van der Waals surface area contributed by atoms with E-state index in [2.05, 4.69) is 29.3 Å². The van der Waals surface area contributed by atoms with Crippen LogP contribution in [-0.2, 0) is 35.6 Å². The second kappa shape index (κ2) is 7.87. The first-order chi connectivity index (χ1) is 12.9. The molecule has 1 aromatic heterocycles. The van der Waals surface area contributed by atoms with Crippen LogP contribution < -0.4 is 0 Å². The van der Waals surface area contributed by atoms with Gasteiger partial charge in [-0.3, -0.25) is 14.5 Å². The van der Waals surface area contributed by atoms with E-state index in [1.165, 1.54) is 5.56 Å². The fourth-order valence-electron chi connectivity index (χ4n) is 3.30. The summed E-state index contributed by atoms with van der Waals surface area (Å²) in [7, 11) is 1.74. The highest BCUT2D eigenvalue weighted by Crippen LogP contribution is 2.18. The molecule has 1 N–H and O–H groups in total. The smallest absolute Gasteiger partial charge is 0.322 e. The zero-order chi connectivity index (χ0) is 19.6. The number of hydrogen-bond donors (Lipinski definition) is 1. The number of aryl methyl sites for hydroxylation is 2. The number of likely N-dealkylation sites (N-methyl/N-ethyl adjacent to an activating group) is 1. The highest BCUT2D eigenvalue weighted by molar-refractivity contribution is 5.80. The molecule has 0 bridgehead atoms. The predicted octanol–water partition coefficient (Wildman–Crippen LogP) is 1.08. The van der Waals surface area contributed by atoms with Gasteiger partial charge in [-0.1, -0.05) is 31.2 Å². The number of aliphatic carboxylic acids is 1. The number of aromatic nitrogens is 3. The van der Waals surface area contributed by atoms with E-state index in [0.717, 1.165) is 12.0 Å². The van der Waals surface area contributed by atoms with Crippen molar-refractivity contribution in [2.75, 3.05) is 13.6 Å². The summed E-state index contributed by atoms with van der Waals surface area (Å²) < 4.78 is 1.80. The maximum atomic E-state index is 12.7. The zero-order valence-electron chi connectivity index (χ0n) is 15.9. The predicted molar refractivity (Wildman–Crippen MR) is 98.9 cm³/mol. The quantitative estimate of drug-likeness (QED) is 0.817. The van der Waals surface area contributed by atoms with E-state index < -0.39 is 12.0 Å². The molecule has 27 heavy (non-hydrogen) atoms. The Hall–Kier alpha value is -2.74. The molecule has 3 rings (SSSR count). The largest absolute Gasteiger partial charge is 0.480 e.